The standard InChI is InChI=1S/C22H15ClN2O5/c1-2-29-22(28)19-17(21(27)25(24-19)15-6-4-3-5-7-15)10-13-12-30-18-9-8-14(23)11-16(18)20(13)26/h3-12H,2H2,1H3/b17-10-. The number of halogens is 1. The Hall–Kier alpha value is -3.71. The van der Waals surface area contributed by atoms with Crippen molar-refractivity contribution in [2.24, 2.45) is 5.10 Å². The van der Waals surface area contributed by atoms with Crippen LogP contribution in [0.2, 0.25) is 5.02 Å². The number of esters is 1. The summed E-state index contributed by atoms with van der Waals surface area (Å²) in [5.41, 5.74) is 0.280. The van der Waals surface area contributed by atoms with Crippen LogP contribution in [-0.2, 0) is 14.3 Å². The number of hydrazone groups is 1. The van der Waals surface area contributed by atoms with Crippen LogP contribution in [0.5, 0.6) is 0 Å². The number of hydrogen-bond acceptors (Lipinski definition) is 6. The van der Waals surface area contributed by atoms with Gasteiger partial charge in [0.05, 0.1) is 28.8 Å². The number of amides is 1. The Bertz CT molecular complexity index is 1280. The maximum atomic E-state index is 13.0. The van der Waals surface area contributed by atoms with Crippen LogP contribution in [0.3, 0.4) is 0 Å². The average Bonchev–Trinajstić information content (AvgIpc) is 3.07. The minimum absolute atomic E-state index is 0.0639. The van der Waals surface area contributed by atoms with Crippen LogP contribution < -0.4 is 10.4 Å². The molecule has 1 amide bonds. The van der Waals surface area contributed by atoms with Gasteiger partial charge in [0.25, 0.3) is 5.91 Å². The molecule has 0 N–H and O–H groups in total. The molecular weight excluding hydrogens is 408 g/mol. The number of nitrogens with zero attached hydrogens (tertiary/aromatic N) is 2. The van der Waals surface area contributed by atoms with Crippen molar-refractivity contribution in [1.82, 2.24) is 0 Å². The number of benzene rings is 2. The molecule has 0 fully saturated rings. The van der Waals surface area contributed by atoms with E-state index in [2.05, 4.69) is 5.10 Å². The first-order chi connectivity index (χ1) is 14.5. The Kier molecular flexibility index (Phi) is 5.20. The maximum absolute atomic E-state index is 13.0. The lowest BCUT2D eigenvalue weighted by Gasteiger charge is -2.10. The van der Waals surface area contributed by atoms with E-state index in [0.717, 1.165) is 5.01 Å². The summed E-state index contributed by atoms with van der Waals surface area (Å²) in [5.74, 6) is -1.32. The van der Waals surface area contributed by atoms with Gasteiger partial charge >= 0.3 is 5.97 Å². The molecule has 7 nitrogen and oxygen atoms in total. The highest BCUT2D eigenvalue weighted by molar-refractivity contribution is 6.54. The van der Waals surface area contributed by atoms with Crippen molar-refractivity contribution in [2.75, 3.05) is 11.6 Å². The molecular formula is C22H15ClN2O5. The Morgan fingerprint density at radius 2 is 1.97 bits per heavy atom. The molecule has 8 heteroatoms. The first kappa shape index (κ1) is 19.6. The van der Waals surface area contributed by atoms with E-state index in [4.69, 9.17) is 20.8 Å². The Balaban J connectivity index is 1.84. The van der Waals surface area contributed by atoms with Crippen molar-refractivity contribution < 1.29 is 18.7 Å². The van der Waals surface area contributed by atoms with Crippen LogP contribution in [0, 0.1) is 0 Å². The molecule has 30 heavy (non-hydrogen) atoms. The van der Waals surface area contributed by atoms with Gasteiger partial charge in [-0.2, -0.15) is 10.1 Å². The lowest BCUT2D eigenvalue weighted by Crippen LogP contribution is -2.23. The molecule has 150 valence electrons. The number of carbonyl (C=O) groups is 2. The van der Waals surface area contributed by atoms with E-state index in [1.54, 1.807) is 49.4 Å². The van der Waals surface area contributed by atoms with E-state index in [0.29, 0.717) is 16.3 Å². The Morgan fingerprint density at radius 1 is 1.20 bits per heavy atom. The van der Waals surface area contributed by atoms with Crippen LogP contribution in [-0.4, -0.2) is 24.2 Å². The second kappa shape index (κ2) is 7.96. The number of carbonyl (C=O) groups excluding carboxylic acids is 2. The molecule has 1 aromatic heterocycles. The zero-order valence-electron chi connectivity index (χ0n) is 15.8. The van der Waals surface area contributed by atoms with E-state index in [1.807, 2.05) is 0 Å². The number of hydrogen-bond donors (Lipinski definition) is 0. The fourth-order valence-corrected chi connectivity index (χ4v) is 3.18. The van der Waals surface area contributed by atoms with Gasteiger partial charge in [0.1, 0.15) is 11.8 Å². The smallest absolute Gasteiger partial charge is 0.359 e. The molecule has 0 atom stereocenters. The highest BCUT2D eigenvalue weighted by atomic mass is 35.5. The number of anilines is 1. The molecule has 4 rings (SSSR count). The molecule has 0 bridgehead atoms. The van der Waals surface area contributed by atoms with Gasteiger partial charge < -0.3 is 9.15 Å². The van der Waals surface area contributed by atoms with Crippen molar-refractivity contribution in [1.29, 1.82) is 0 Å². The molecule has 0 aliphatic carbocycles. The minimum atomic E-state index is -0.760. The van der Waals surface area contributed by atoms with Crippen molar-refractivity contribution in [3.63, 3.8) is 0 Å². The second-order valence-corrected chi connectivity index (χ2v) is 6.78. The predicted molar refractivity (Wildman–Crippen MR) is 113 cm³/mol. The molecule has 0 radical (unpaired) electrons. The lowest BCUT2D eigenvalue weighted by atomic mass is 10.1. The SMILES string of the molecule is CCOC(=O)C1=NN(c2ccccc2)C(=O)/C1=C\c1coc2ccc(Cl)cc2c1=O. The zero-order chi connectivity index (χ0) is 21.3. The molecule has 3 aromatic rings. The molecule has 0 spiro atoms. The van der Waals surface area contributed by atoms with Gasteiger partial charge in [-0.25, -0.2) is 4.79 Å². The third kappa shape index (κ3) is 3.51. The quantitative estimate of drug-likeness (QED) is 0.471. The second-order valence-electron chi connectivity index (χ2n) is 6.34. The van der Waals surface area contributed by atoms with E-state index >= 15 is 0 Å². The fraction of sp³-hybridized carbons (Fsp3) is 0.0909. The molecule has 1 aliphatic heterocycles. The highest BCUT2D eigenvalue weighted by Crippen LogP contribution is 2.25. The van der Waals surface area contributed by atoms with Gasteiger partial charge in [0, 0.05) is 5.02 Å². The summed E-state index contributed by atoms with van der Waals surface area (Å²) in [6, 6.07) is 13.3. The number of ether oxygens (including phenoxy) is 1. The van der Waals surface area contributed by atoms with E-state index < -0.39 is 11.9 Å². The molecule has 1 aliphatic rings. The third-order valence-electron chi connectivity index (χ3n) is 4.41. The largest absolute Gasteiger partial charge is 0.463 e. The van der Waals surface area contributed by atoms with Gasteiger partial charge in [-0.3, -0.25) is 9.59 Å². The van der Waals surface area contributed by atoms with Crippen molar-refractivity contribution in [3.8, 4) is 0 Å². The van der Waals surface area contributed by atoms with Crippen LogP contribution in [0.4, 0.5) is 5.69 Å². The normalized spacial score (nSPS) is 15.0. The third-order valence-corrected chi connectivity index (χ3v) is 4.64. The van der Waals surface area contributed by atoms with Gasteiger partial charge in [0.2, 0.25) is 0 Å². The Morgan fingerprint density at radius 3 is 2.70 bits per heavy atom. The van der Waals surface area contributed by atoms with Crippen LogP contribution in [0.15, 0.2) is 74.7 Å². The fourth-order valence-electron chi connectivity index (χ4n) is 3.01. The maximum Gasteiger partial charge on any atom is 0.359 e. The first-order valence-electron chi connectivity index (χ1n) is 9.08. The van der Waals surface area contributed by atoms with E-state index in [1.165, 1.54) is 18.4 Å². The average molecular weight is 423 g/mol. The van der Waals surface area contributed by atoms with Crippen LogP contribution >= 0.6 is 11.6 Å². The lowest BCUT2D eigenvalue weighted by molar-refractivity contribution is -0.135. The Labute approximate surface area is 175 Å². The van der Waals surface area contributed by atoms with E-state index in [9.17, 15) is 14.4 Å². The molecule has 0 saturated carbocycles. The topological polar surface area (TPSA) is 89.2 Å². The predicted octanol–water partition coefficient (Wildman–Crippen LogP) is 3.80. The molecule has 2 aromatic carbocycles. The van der Waals surface area contributed by atoms with E-state index in [-0.39, 0.29) is 34.3 Å². The van der Waals surface area contributed by atoms with Gasteiger partial charge in [0.15, 0.2) is 11.1 Å². The summed E-state index contributed by atoms with van der Waals surface area (Å²) in [6.07, 6.45) is 2.51. The monoisotopic (exact) mass is 422 g/mol. The highest BCUT2D eigenvalue weighted by Gasteiger charge is 2.36. The number of fused-ring (bicyclic) bond motifs is 1. The van der Waals surface area contributed by atoms with Crippen LogP contribution in [0.25, 0.3) is 17.0 Å². The molecule has 0 saturated heterocycles. The number of para-hydroxylation sites is 1. The van der Waals surface area contributed by atoms with Crippen molar-refractivity contribution in [3.05, 3.63) is 81.2 Å². The molecule has 2 heterocycles. The summed E-state index contributed by atoms with van der Waals surface area (Å²) in [7, 11) is 0. The summed E-state index contributed by atoms with van der Waals surface area (Å²) in [6.45, 7) is 1.76. The summed E-state index contributed by atoms with van der Waals surface area (Å²) in [4.78, 5) is 38.3. The van der Waals surface area contributed by atoms with Crippen molar-refractivity contribution >= 4 is 51.9 Å². The zero-order valence-corrected chi connectivity index (χ0v) is 16.6. The van der Waals surface area contributed by atoms with Gasteiger partial charge in [-0.05, 0) is 43.3 Å². The van der Waals surface area contributed by atoms with Crippen molar-refractivity contribution in [2.45, 2.75) is 6.92 Å². The minimum Gasteiger partial charge on any atom is -0.463 e. The summed E-state index contributed by atoms with van der Waals surface area (Å²) < 4.78 is 10.5. The summed E-state index contributed by atoms with van der Waals surface area (Å²) in [5, 5.41) is 5.88. The number of rotatable bonds is 4. The first-order valence-corrected chi connectivity index (χ1v) is 9.45. The molecule has 0 unspecified atom stereocenters. The van der Waals surface area contributed by atoms with Crippen LogP contribution in [0.1, 0.15) is 12.5 Å². The summed E-state index contributed by atoms with van der Waals surface area (Å²) >= 11 is 5.99. The van der Waals surface area contributed by atoms with Gasteiger partial charge in [-0.1, -0.05) is 29.8 Å². The van der Waals surface area contributed by atoms with Gasteiger partial charge in [-0.15, -0.1) is 0 Å².